The first kappa shape index (κ1) is 12.9. The Morgan fingerprint density at radius 2 is 2.00 bits per heavy atom. The Balaban J connectivity index is 2.27. The minimum absolute atomic E-state index is 0.187. The molecule has 0 radical (unpaired) electrons. The van der Waals surface area contributed by atoms with Crippen LogP contribution in [0.3, 0.4) is 0 Å². The maximum atomic E-state index is 13.5. The molecule has 18 heavy (non-hydrogen) atoms. The topological polar surface area (TPSA) is 24.9 Å². The Morgan fingerprint density at radius 1 is 1.28 bits per heavy atom. The van der Waals surface area contributed by atoms with Gasteiger partial charge in [-0.2, -0.15) is 0 Å². The van der Waals surface area contributed by atoms with Crippen LogP contribution in [-0.2, 0) is 0 Å². The van der Waals surface area contributed by atoms with E-state index in [0.717, 1.165) is 16.6 Å². The molecule has 2 aromatic rings. The van der Waals surface area contributed by atoms with Crippen molar-refractivity contribution >= 4 is 17.0 Å². The largest absolute Gasteiger partial charge is 0.375 e. The van der Waals surface area contributed by atoms with Gasteiger partial charge in [0.05, 0.1) is 22.9 Å². The number of rotatable bonds is 3. The molecule has 0 aliphatic rings. The molecule has 0 fully saturated rings. The zero-order chi connectivity index (χ0) is 13.3. The third-order valence-corrected chi connectivity index (χ3v) is 3.65. The fourth-order valence-electron chi connectivity index (χ4n) is 1.69. The number of hydrogen-bond acceptors (Lipinski definition) is 3. The van der Waals surface area contributed by atoms with Gasteiger partial charge < -0.3 is 5.32 Å². The van der Waals surface area contributed by atoms with Crippen LogP contribution in [0.5, 0.6) is 0 Å². The third kappa shape index (κ3) is 2.48. The van der Waals surface area contributed by atoms with E-state index in [1.165, 1.54) is 11.3 Å². The summed E-state index contributed by atoms with van der Waals surface area (Å²) in [5.74, 6) is -3.10. The van der Waals surface area contributed by atoms with Gasteiger partial charge in [-0.05, 0) is 13.8 Å². The number of aryl methyl sites for hydroxylation is 1. The molecule has 1 N–H and O–H groups in total. The fraction of sp³-hybridized carbons (Fsp3) is 0.250. The van der Waals surface area contributed by atoms with Crippen molar-refractivity contribution in [1.82, 2.24) is 4.98 Å². The number of nitrogens with one attached hydrogen (secondary N) is 1. The summed E-state index contributed by atoms with van der Waals surface area (Å²) in [6.45, 7) is 3.61. The first-order chi connectivity index (χ1) is 8.49. The van der Waals surface area contributed by atoms with Crippen LogP contribution >= 0.6 is 11.3 Å². The van der Waals surface area contributed by atoms with E-state index in [9.17, 15) is 13.2 Å². The maximum Gasteiger partial charge on any atom is 0.182 e. The highest BCUT2D eigenvalue weighted by atomic mass is 32.1. The molecule has 0 bridgehead atoms. The number of halogens is 3. The molecule has 0 spiro atoms. The van der Waals surface area contributed by atoms with Gasteiger partial charge in [-0.3, -0.25) is 0 Å². The zero-order valence-electron chi connectivity index (χ0n) is 9.80. The Morgan fingerprint density at radius 3 is 2.61 bits per heavy atom. The van der Waals surface area contributed by atoms with Crippen LogP contribution in [-0.4, -0.2) is 4.98 Å². The Labute approximate surface area is 106 Å². The second-order valence-electron chi connectivity index (χ2n) is 3.92. The molecule has 2 rings (SSSR count). The average Bonchev–Trinajstić information content (AvgIpc) is 2.71. The second-order valence-corrected chi connectivity index (χ2v) is 4.80. The van der Waals surface area contributed by atoms with Crippen molar-refractivity contribution in [2.24, 2.45) is 0 Å². The summed E-state index contributed by atoms with van der Waals surface area (Å²) in [6, 6.07) is 1.18. The average molecular weight is 272 g/mol. The van der Waals surface area contributed by atoms with Crippen LogP contribution in [0.25, 0.3) is 0 Å². The van der Waals surface area contributed by atoms with Crippen molar-refractivity contribution in [3.8, 4) is 0 Å². The van der Waals surface area contributed by atoms with Crippen molar-refractivity contribution in [3.05, 3.63) is 45.7 Å². The van der Waals surface area contributed by atoms with E-state index in [1.54, 1.807) is 12.4 Å². The first-order valence-electron chi connectivity index (χ1n) is 5.30. The highest BCUT2D eigenvalue weighted by Crippen LogP contribution is 2.27. The van der Waals surface area contributed by atoms with E-state index in [4.69, 9.17) is 0 Å². The molecule has 6 heteroatoms. The van der Waals surface area contributed by atoms with Gasteiger partial charge in [0, 0.05) is 17.0 Å². The number of thiazole rings is 1. The van der Waals surface area contributed by atoms with Crippen LogP contribution in [0.2, 0.25) is 0 Å². The summed E-state index contributed by atoms with van der Waals surface area (Å²) in [6.07, 6.45) is 0. The molecule has 96 valence electrons. The molecule has 1 unspecified atom stereocenters. The molecule has 0 saturated carbocycles. The minimum Gasteiger partial charge on any atom is -0.375 e. The van der Waals surface area contributed by atoms with Gasteiger partial charge in [0.1, 0.15) is 5.82 Å². The highest BCUT2D eigenvalue weighted by molar-refractivity contribution is 7.09. The second kappa shape index (κ2) is 4.97. The lowest BCUT2D eigenvalue weighted by Gasteiger charge is -2.15. The molecular formula is C12H11F3N2S. The predicted octanol–water partition coefficient (Wildman–Crippen LogP) is 4.04. The summed E-state index contributed by atoms with van der Waals surface area (Å²) in [5.41, 5.74) is 2.30. The molecule has 1 aromatic heterocycles. The fourth-order valence-corrected chi connectivity index (χ4v) is 2.50. The smallest absolute Gasteiger partial charge is 0.182 e. The third-order valence-electron chi connectivity index (χ3n) is 2.54. The van der Waals surface area contributed by atoms with Crippen LogP contribution in [0, 0.1) is 24.4 Å². The monoisotopic (exact) mass is 272 g/mol. The number of anilines is 1. The SMILES string of the molecule is Cc1ncsc1C(C)Nc1cc(F)cc(F)c1F. The summed E-state index contributed by atoms with van der Waals surface area (Å²) in [5, 5.41) is 2.75. The van der Waals surface area contributed by atoms with Gasteiger partial charge in [0.2, 0.25) is 0 Å². The number of aromatic nitrogens is 1. The van der Waals surface area contributed by atoms with Gasteiger partial charge in [0.25, 0.3) is 0 Å². The van der Waals surface area contributed by atoms with Crippen LogP contribution in [0.1, 0.15) is 23.5 Å². The summed E-state index contributed by atoms with van der Waals surface area (Å²) >= 11 is 1.41. The van der Waals surface area contributed by atoms with Gasteiger partial charge in [-0.1, -0.05) is 0 Å². The quantitative estimate of drug-likeness (QED) is 0.853. The summed E-state index contributed by atoms with van der Waals surface area (Å²) in [7, 11) is 0. The Bertz CT molecular complexity index is 568. The number of nitrogens with zero attached hydrogens (tertiary/aromatic N) is 1. The van der Waals surface area contributed by atoms with E-state index in [1.807, 2.05) is 6.92 Å². The molecule has 1 atom stereocenters. The van der Waals surface area contributed by atoms with E-state index >= 15 is 0 Å². The van der Waals surface area contributed by atoms with Crippen molar-refractivity contribution in [1.29, 1.82) is 0 Å². The van der Waals surface area contributed by atoms with Crippen LogP contribution in [0.4, 0.5) is 18.9 Å². The Kier molecular flexibility index (Phi) is 3.56. The van der Waals surface area contributed by atoms with Crippen molar-refractivity contribution in [2.45, 2.75) is 19.9 Å². The highest BCUT2D eigenvalue weighted by Gasteiger charge is 2.16. The van der Waals surface area contributed by atoms with Crippen LogP contribution in [0.15, 0.2) is 17.6 Å². The van der Waals surface area contributed by atoms with E-state index < -0.39 is 17.5 Å². The molecule has 0 aliphatic carbocycles. The molecule has 1 heterocycles. The van der Waals surface area contributed by atoms with Crippen molar-refractivity contribution in [3.63, 3.8) is 0 Å². The molecule has 0 aliphatic heterocycles. The van der Waals surface area contributed by atoms with E-state index in [2.05, 4.69) is 10.3 Å². The van der Waals surface area contributed by atoms with E-state index in [0.29, 0.717) is 6.07 Å². The molecule has 0 amide bonds. The van der Waals surface area contributed by atoms with Crippen molar-refractivity contribution in [2.75, 3.05) is 5.32 Å². The first-order valence-corrected chi connectivity index (χ1v) is 6.18. The molecule has 0 saturated heterocycles. The minimum atomic E-state index is -1.20. The van der Waals surface area contributed by atoms with Crippen LogP contribution < -0.4 is 5.32 Å². The number of benzene rings is 1. The van der Waals surface area contributed by atoms with E-state index in [-0.39, 0.29) is 11.7 Å². The molecule has 2 nitrogen and oxygen atoms in total. The zero-order valence-corrected chi connectivity index (χ0v) is 10.6. The van der Waals surface area contributed by atoms with Gasteiger partial charge >= 0.3 is 0 Å². The number of hydrogen-bond donors (Lipinski definition) is 1. The van der Waals surface area contributed by atoms with Crippen molar-refractivity contribution < 1.29 is 13.2 Å². The lowest BCUT2D eigenvalue weighted by atomic mass is 10.2. The van der Waals surface area contributed by atoms with Gasteiger partial charge in [-0.25, -0.2) is 18.2 Å². The van der Waals surface area contributed by atoms with Gasteiger partial charge in [-0.15, -0.1) is 11.3 Å². The Hall–Kier alpha value is -1.56. The molecular weight excluding hydrogens is 261 g/mol. The van der Waals surface area contributed by atoms with Gasteiger partial charge in [0.15, 0.2) is 11.6 Å². The standard InChI is InChI=1S/C12H11F3N2S/c1-6-12(18-5-16-6)7(2)17-10-4-8(13)3-9(14)11(10)15/h3-5,7,17H,1-2H3. The summed E-state index contributed by atoms with van der Waals surface area (Å²) in [4.78, 5) is 4.98. The lowest BCUT2D eigenvalue weighted by Crippen LogP contribution is -2.09. The summed E-state index contributed by atoms with van der Waals surface area (Å²) < 4.78 is 39.5. The maximum absolute atomic E-state index is 13.5. The predicted molar refractivity (Wildman–Crippen MR) is 65.2 cm³/mol. The lowest BCUT2D eigenvalue weighted by molar-refractivity contribution is 0.496. The normalized spacial score (nSPS) is 12.5. The molecule has 1 aromatic carbocycles.